The molecule has 3 aliphatic heterocycles. The molecule has 0 amide bonds. The van der Waals surface area contributed by atoms with Crippen LogP contribution in [0, 0.1) is 19.3 Å². The van der Waals surface area contributed by atoms with E-state index in [0.29, 0.717) is 5.65 Å². The van der Waals surface area contributed by atoms with Crippen molar-refractivity contribution < 1.29 is 0 Å². The number of terminal acetylenes is 1. The highest BCUT2D eigenvalue weighted by Crippen LogP contribution is 2.30. The summed E-state index contributed by atoms with van der Waals surface area (Å²) in [4.78, 5) is 34.3. The number of hydrogen-bond acceptors (Lipinski definition) is 15. The monoisotopic (exact) mass is 906 g/mol. The Morgan fingerprint density at radius 2 is 1.00 bits per heavy atom. The molecule has 68 heavy (non-hydrogen) atoms. The van der Waals surface area contributed by atoms with Crippen LogP contribution in [0.25, 0.3) is 67.3 Å². The van der Waals surface area contributed by atoms with E-state index in [2.05, 4.69) is 119 Å². The van der Waals surface area contributed by atoms with Crippen molar-refractivity contribution >= 4 is 50.6 Å². The number of aromatic nitrogens is 12. The molecular weight excluding hydrogens is 853 g/mol. The SMILES string of the molecule is C#Cc1cnc2n[nH]c(-c3cccc(N4CCCNCC4)n3)c2c1.Cc1ccc(N2CCNCC2)nc1-c1[nH]nc2ncccc12.c1cc(-c2[nH]nc3ncccc23)nc(N2CCCNCC2)c1. The van der Waals surface area contributed by atoms with Gasteiger partial charge in [-0.15, -0.1) is 6.42 Å². The average molecular weight is 907 g/mol. The van der Waals surface area contributed by atoms with Crippen molar-refractivity contribution in [3.8, 4) is 46.5 Å². The lowest BCUT2D eigenvalue weighted by molar-refractivity contribution is 0.585. The lowest BCUT2D eigenvalue weighted by atomic mass is 10.1. The number of rotatable bonds is 6. The van der Waals surface area contributed by atoms with E-state index in [0.717, 1.165) is 182 Å². The zero-order valence-electron chi connectivity index (χ0n) is 38.1. The molecule has 3 aliphatic rings. The van der Waals surface area contributed by atoms with Gasteiger partial charge in [0.2, 0.25) is 0 Å². The first-order chi connectivity index (χ1) is 33.6. The Labute approximate surface area is 393 Å². The largest absolute Gasteiger partial charge is 0.355 e. The quantitative estimate of drug-likeness (QED) is 0.116. The Balaban J connectivity index is 0.000000119. The second-order valence-corrected chi connectivity index (χ2v) is 16.8. The Hall–Kier alpha value is -7.85. The summed E-state index contributed by atoms with van der Waals surface area (Å²) >= 11 is 0. The molecule has 12 rings (SSSR count). The van der Waals surface area contributed by atoms with Crippen LogP contribution in [0.5, 0.6) is 0 Å². The number of anilines is 3. The molecule has 0 radical (unpaired) electrons. The molecule has 6 N–H and O–H groups in total. The summed E-state index contributed by atoms with van der Waals surface area (Å²) in [5.41, 5.74) is 9.40. The molecule has 0 saturated carbocycles. The molecule has 18 nitrogen and oxygen atoms in total. The van der Waals surface area contributed by atoms with Gasteiger partial charge in [0.05, 0.1) is 34.2 Å². The van der Waals surface area contributed by atoms with Crippen LogP contribution in [0.4, 0.5) is 17.5 Å². The van der Waals surface area contributed by atoms with Gasteiger partial charge in [-0.25, -0.2) is 29.9 Å². The van der Waals surface area contributed by atoms with Gasteiger partial charge in [0, 0.05) is 106 Å². The van der Waals surface area contributed by atoms with Crippen LogP contribution in [-0.2, 0) is 0 Å². The number of aromatic amines is 3. The Bertz CT molecular complexity index is 3140. The van der Waals surface area contributed by atoms with E-state index in [-0.39, 0.29) is 0 Å². The predicted molar refractivity (Wildman–Crippen MR) is 269 cm³/mol. The normalized spacial score (nSPS) is 15.5. The van der Waals surface area contributed by atoms with Crippen LogP contribution in [-0.4, -0.2) is 139 Å². The summed E-state index contributed by atoms with van der Waals surface area (Å²) in [6, 6.07) is 26.3. The molecule has 18 heteroatoms. The highest BCUT2D eigenvalue weighted by atomic mass is 15.2. The molecule has 0 spiro atoms. The van der Waals surface area contributed by atoms with Gasteiger partial charge in [0.15, 0.2) is 16.9 Å². The summed E-state index contributed by atoms with van der Waals surface area (Å²) in [5.74, 6) is 5.65. The summed E-state index contributed by atoms with van der Waals surface area (Å²) in [6.45, 7) is 14.2. The molecule has 9 aromatic heterocycles. The third-order valence-electron chi connectivity index (χ3n) is 12.3. The topological polar surface area (TPSA) is 209 Å². The van der Waals surface area contributed by atoms with Crippen molar-refractivity contribution in [1.29, 1.82) is 0 Å². The van der Waals surface area contributed by atoms with Crippen LogP contribution < -0.4 is 30.7 Å². The summed E-state index contributed by atoms with van der Waals surface area (Å²) < 4.78 is 0. The number of aryl methyl sites for hydroxylation is 1. The molecule has 12 heterocycles. The van der Waals surface area contributed by atoms with Gasteiger partial charge in [-0.1, -0.05) is 24.1 Å². The summed E-state index contributed by atoms with van der Waals surface area (Å²) in [5, 5.41) is 35.1. The number of piperazine rings is 1. The zero-order chi connectivity index (χ0) is 46.1. The van der Waals surface area contributed by atoms with Crippen LogP contribution in [0.15, 0.2) is 97.5 Å². The van der Waals surface area contributed by atoms with Crippen molar-refractivity contribution in [2.75, 3.05) is 93.2 Å². The van der Waals surface area contributed by atoms with E-state index in [4.69, 9.17) is 21.4 Å². The minimum atomic E-state index is 0.648. The van der Waals surface area contributed by atoms with Gasteiger partial charge in [0.25, 0.3) is 0 Å². The Morgan fingerprint density at radius 1 is 0.500 bits per heavy atom. The third kappa shape index (κ3) is 9.81. The first-order valence-electron chi connectivity index (χ1n) is 23.3. The van der Waals surface area contributed by atoms with Gasteiger partial charge < -0.3 is 30.7 Å². The van der Waals surface area contributed by atoms with E-state index in [1.807, 2.05) is 48.5 Å². The fraction of sp³-hybridized carbons (Fsp3) is 0.300. The predicted octanol–water partition coefficient (Wildman–Crippen LogP) is 5.36. The summed E-state index contributed by atoms with van der Waals surface area (Å²) in [7, 11) is 0. The van der Waals surface area contributed by atoms with Crippen molar-refractivity contribution in [2.45, 2.75) is 19.8 Å². The number of H-pyrrole nitrogens is 3. The van der Waals surface area contributed by atoms with E-state index in [1.165, 1.54) is 0 Å². The van der Waals surface area contributed by atoms with E-state index in [1.54, 1.807) is 18.6 Å². The van der Waals surface area contributed by atoms with Crippen LogP contribution >= 0.6 is 0 Å². The smallest absolute Gasteiger partial charge is 0.181 e. The maximum absolute atomic E-state index is 5.49. The minimum Gasteiger partial charge on any atom is -0.355 e. The molecule has 0 unspecified atom stereocenters. The zero-order valence-corrected chi connectivity index (χ0v) is 38.1. The molecular formula is C50H54N18. The molecule has 0 bridgehead atoms. The number of pyridine rings is 6. The van der Waals surface area contributed by atoms with E-state index >= 15 is 0 Å². The van der Waals surface area contributed by atoms with Crippen molar-refractivity contribution in [3.05, 3.63) is 109 Å². The average Bonchev–Trinajstić information content (AvgIpc) is 4.00. The number of nitrogens with zero attached hydrogens (tertiary/aromatic N) is 12. The minimum absolute atomic E-state index is 0.648. The highest BCUT2D eigenvalue weighted by molar-refractivity contribution is 5.92. The van der Waals surface area contributed by atoms with Crippen LogP contribution in [0.1, 0.15) is 24.0 Å². The fourth-order valence-corrected chi connectivity index (χ4v) is 8.72. The second kappa shape index (κ2) is 20.8. The lowest BCUT2D eigenvalue weighted by Crippen LogP contribution is -2.43. The van der Waals surface area contributed by atoms with Gasteiger partial charge >= 0.3 is 0 Å². The second-order valence-electron chi connectivity index (χ2n) is 16.8. The van der Waals surface area contributed by atoms with Gasteiger partial charge in [-0.2, -0.15) is 15.3 Å². The van der Waals surface area contributed by atoms with Gasteiger partial charge in [-0.3, -0.25) is 15.3 Å². The third-order valence-corrected chi connectivity index (χ3v) is 12.3. The number of fused-ring (bicyclic) bond motifs is 3. The molecule has 0 aliphatic carbocycles. The lowest BCUT2D eigenvalue weighted by Gasteiger charge is -2.28. The first kappa shape index (κ1) is 44.0. The van der Waals surface area contributed by atoms with E-state index < -0.39 is 0 Å². The number of nitrogens with one attached hydrogen (secondary N) is 6. The Kier molecular flexibility index (Phi) is 13.4. The van der Waals surface area contributed by atoms with Gasteiger partial charge in [-0.05, 0) is 99.1 Å². The number of hydrogen-bond donors (Lipinski definition) is 6. The van der Waals surface area contributed by atoms with Crippen molar-refractivity contribution in [1.82, 2.24) is 76.4 Å². The van der Waals surface area contributed by atoms with Gasteiger partial charge in [0.1, 0.15) is 17.5 Å². The van der Waals surface area contributed by atoms with Crippen LogP contribution in [0.3, 0.4) is 0 Å². The summed E-state index contributed by atoms with van der Waals surface area (Å²) in [6.07, 6.45) is 12.9. The molecule has 3 saturated heterocycles. The molecule has 344 valence electrons. The highest BCUT2D eigenvalue weighted by Gasteiger charge is 2.19. The molecule has 9 aromatic rings. The first-order valence-corrected chi connectivity index (χ1v) is 23.3. The standard InChI is InChI=1S/C18H18N6.2C16H18N6/c1-2-13-11-14-17(22-23-18(14)20-12-13)15-5-3-6-16(21-15)24-9-4-7-19-8-10-24;1-5-13(15-12-4-2-8-18-16(12)21-20-15)19-14(6-1)22-10-3-7-17-9-11-22;1-11-4-5-13(22-9-7-17-8-10-22)19-14(11)15-12-3-2-6-18-16(12)21-20-15/h1,3,5-6,11-12,19H,4,7-10H2,(H,20,22,23);1-2,4-6,8,17H,3,7,9-11H2,(H,18,20,21);2-6,17H,7-10H2,1H3,(H,18,20,21). The fourth-order valence-electron chi connectivity index (χ4n) is 8.72. The maximum Gasteiger partial charge on any atom is 0.181 e. The van der Waals surface area contributed by atoms with E-state index in [9.17, 15) is 0 Å². The van der Waals surface area contributed by atoms with Crippen molar-refractivity contribution in [3.63, 3.8) is 0 Å². The maximum atomic E-state index is 5.49. The molecule has 0 atom stereocenters. The van der Waals surface area contributed by atoms with Crippen LogP contribution in [0.2, 0.25) is 0 Å². The molecule has 0 aromatic carbocycles. The van der Waals surface area contributed by atoms with Crippen molar-refractivity contribution in [2.24, 2.45) is 0 Å². The molecule has 3 fully saturated rings. The Morgan fingerprint density at radius 3 is 1.59 bits per heavy atom.